The Labute approximate surface area is 243 Å². The van der Waals surface area contributed by atoms with Gasteiger partial charge in [0.25, 0.3) is 5.91 Å². The van der Waals surface area contributed by atoms with Crippen LogP contribution in [0.4, 0.5) is 16.2 Å². The summed E-state index contributed by atoms with van der Waals surface area (Å²) in [4.78, 5) is 54.2. The van der Waals surface area contributed by atoms with Gasteiger partial charge in [0, 0.05) is 24.5 Å². The fraction of sp³-hybridized carbons (Fsp3) is 0.290. The van der Waals surface area contributed by atoms with E-state index in [2.05, 4.69) is 10.6 Å². The number of fused-ring (bicyclic) bond motifs is 1. The first-order valence-corrected chi connectivity index (χ1v) is 13.5. The maximum atomic E-state index is 14.6. The van der Waals surface area contributed by atoms with E-state index in [1.54, 1.807) is 48.5 Å². The van der Waals surface area contributed by atoms with Gasteiger partial charge in [0.15, 0.2) is 11.8 Å². The lowest BCUT2D eigenvalue weighted by atomic mass is 9.74. The van der Waals surface area contributed by atoms with E-state index in [0.717, 1.165) is 5.56 Å². The number of aromatic carboxylic acids is 1. The van der Waals surface area contributed by atoms with E-state index < -0.39 is 41.6 Å². The summed E-state index contributed by atoms with van der Waals surface area (Å²) in [6.45, 7) is 6.19. The van der Waals surface area contributed by atoms with Gasteiger partial charge in [-0.2, -0.15) is 0 Å². The highest BCUT2D eigenvalue weighted by Crippen LogP contribution is 2.48. The molecular weight excluding hydrogens is 540 g/mol. The molecular formula is C31H34N4O7. The number of nitrogens with one attached hydrogen (secondary N) is 2. The van der Waals surface area contributed by atoms with Crippen LogP contribution in [-0.4, -0.2) is 55.0 Å². The number of benzene rings is 3. The molecule has 0 aromatic heterocycles. The van der Waals surface area contributed by atoms with Gasteiger partial charge >= 0.3 is 12.0 Å². The molecule has 0 aliphatic carbocycles. The summed E-state index contributed by atoms with van der Waals surface area (Å²) in [7, 11) is 0. The molecule has 42 heavy (non-hydrogen) atoms. The van der Waals surface area contributed by atoms with Crippen LogP contribution >= 0.6 is 0 Å². The van der Waals surface area contributed by atoms with E-state index in [9.17, 15) is 24.3 Å². The van der Waals surface area contributed by atoms with Crippen molar-refractivity contribution >= 4 is 35.2 Å². The number of anilines is 2. The molecule has 3 aromatic carbocycles. The number of hydrogen-bond donors (Lipinski definition) is 4. The summed E-state index contributed by atoms with van der Waals surface area (Å²) >= 11 is 0. The van der Waals surface area contributed by atoms with Crippen LogP contribution in [0.25, 0.3) is 0 Å². The molecule has 220 valence electrons. The second kappa shape index (κ2) is 12.8. The topological polar surface area (TPSA) is 160 Å². The zero-order valence-electron chi connectivity index (χ0n) is 23.6. The van der Waals surface area contributed by atoms with Crippen molar-refractivity contribution in [1.29, 1.82) is 0 Å². The number of amides is 4. The number of aryl methyl sites for hydroxylation is 1. The van der Waals surface area contributed by atoms with Crippen LogP contribution in [0.2, 0.25) is 0 Å². The number of rotatable bonds is 12. The predicted octanol–water partition coefficient (Wildman–Crippen LogP) is 3.73. The standard InChI is InChI=1S/C31H34N4O7/c1-4-41-25(42-5-2)18-35-24-9-7-6-8-23(24)31(29(35)39,26(27(32)36)20-12-10-19(3)11-13-20)34-30(40)33-22-16-14-21(15-17-22)28(37)38/h6-17,25-26H,4-5,18H2,1-3H3,(H2,32,36)(H,37,38)(H2,33,34,40). The number of urea groups is 1. The van der Waals surface area contributed by atoms with Crippen molar-refractivity contribution in [2.45, 2.75) is 38.5 Å². The SMILES string of the molecule is CCOC(CN1C(=O)C(NC(=O)Nc2ccc(C(=O)O)cc2)(C(C(N)=O)c2ccc(C)cc2)c2ccccc21)OCC. The number of nitrogens with two attached hydrogens (primary N) is 1. The van der Waals surface area contributed by atoms with E-state index in [0.29, 0.717) is 30.0 Å². The quantitative estimate of drug-likeness (QED) is 0.240. The minimum absolute atomic E-state index is 0.00138. The van der Waals surface area contributed by atoms with E-state index in [1.165, 1.54) is 29.2 Å². The van der Waals surface area contributed by atoms with Crippen molar-refractivity contribution in [3.8, 4) is 0 Å². The van der Waals surface area contributed by atoms with Gasteiger partial charge in [0.05, 0.1) is 23.7 Å². The largest absolute Gasteiger partial charge is 0.478 e. The Balaban J connectivity index is 1.83. The fourth-order valence-electron chi connectivity index (χ4n) is 5.23. The number of hydrogen-bond acceptors (Lipinski definition) is 6. The van der Waals surface area contributed by atoms with E-state index >= 15 is 0 Å². The summed E-state index contributed by atoms with van der Waals surface area (Å²) in [5, 5.41) is 14.6. The van der Waals surface area contributed by atoms with Crippen LogP contribution in [0, 0.1) is 6.92 Å². The third-order valence-electron chi connectivity index (χ3n) is 7.07. The molecule has 4 rings (SSSR count). The number of carboxylic acids is 1. The van der Waals surface area contributed by atoms with Gasteiger partial charge in [-0.25, -0.2) is 9.59 Å². The number of primary amides is 1. The maximum Gasteiger partial charge on any atom is 0.335 e. The molecule has 2 atom stereocenters. The molecule has 1 aliphatic heterocycles. The van der Waals surface area contributed by atoms with Crippen molar-refractivity contribution in [3.63, 3.8) is 0 Å². The van der Waals surface area contributed by atoms with Crippen LogP contribution in [0.15, 0.2) is 72.8 Å². The van der Waals surface area contributed by atoms with Crippen LogP contribution < -0.4 is 21.3 Å². The zero-order valence-corrected chi connectivity index (χ0v) is 23.6. The summed E-state index contributed by atoms with van der Waals surface area (Å²) in [6, 6.07) is 18.6. The van der Waals surface area contributed by atoms with Gasteiger partial charge in [-0.3, -0.25) is 9.59 Å². The minimum atomic E-state index is -1.94. The van der Waals surface area contributed by atoms with E-state index in [4.69, 9.17) is 15.2 Å². The molecule has 0 saturated heterocycles. The Morgan fingerprint density at radius 1 is 0.952 bits per heavy atom. The smallest absolute Gasteiger partial charge is 0.335 e. The molecule has 1 aliphatic rings. The third-order valence-corrected chi connectivity index (χ3v) is 7.07. The molecule has 1 heterocycles. The maximum absolute atomic E-state index is 14.6. The Morgan fingerprint density at radius 3 is 2.14 bits per heavy atom. The Kier molecular flexibility index (Phi) is 9.24. The van der Waals surface area contributed by atoms with Crippen LogP contribution in [0.5, 0.6) is 0 Å². The molecule has 11 nitrogen and oxygen atoms in total. The first-order valence-electron chi connectivity index (χ1n) is 13.5. The fourth-order valence-corrected chi connectivity index (χ4v) is 5.23. The molecule has 0 fully saturated rings. The number of para-hydroxylation sites is 1. The molecule has 4 amide bonds. The second-order valence-corrected chi connectivity index (χ2v) is 9.79. The second-order valence-electron chi connectivity index (χ2n) is 9.79. The highest BCUT2D eigenvalue weighted by atomic mass is 16.7. The van der Waals surface area contributed by atoms with Gasteiger partial charge in [-0.15, -0.1) is 0 Å². The molecule has 5 N–H and O–H groups in total. The monoisotopic (exact) mass is 574 g/mol. The Hall–Kier alpha value is -4.74. The van der Waals surface area contributed by atoms with Crippen LogP contribution in [-0.2, 0) is 24.6 Å². The van der Waals surface area contributed by atoms with Gasteiger partial charge in [-0.05, 0) is 56.7 Å². The summed E-state index contributed by atoms with van der Waals surface area (Å²) < 4.78 is 11.4. The zero-order chi connectivity index (χ0) is 30.4. The van der Waals surface area contributed by atoms with Crippen molar-refractivity contribution in [2.75, 3.05) is 30.0 Å². The summed E-state index contributed by atoms with van der Waals surface area (Å²) in [5.74, 6) is -3.82. The van der Waals surface area contributed by atoms with Crippen molar-refractivity contribution in [2.24, 2.45) is 5.73 Å². The molecule has 0 bridgehead atoms. The van der Waals surface area contributed by atoms with Gasteiger partial charge in [0.1, 0.15) is 0 Å². The molecule has 3 aromatic rings. The number of nitrogens with zero attached hydrogens (tertiary/aromatic N) is 1. The molecule has 0 saturated carbocycles. The average Bonchev–Trinajstić information content (AvgIpc) is 3.17. The third kappa shape index (κ3) is 5.97. The molecule has 11 heteroatoms. The normalized spacial score (nSPS) is 16.7. The number of carbonyl (C=O) groups is 4. The van der Waals surface area contributed by atoms with Gasteiger partial charge in [0.2, 0.25) is 5.91 Å². The molecule has 0 radical (unpaired) electrons. The highest BCUT2D eigenvalue weighted by Gasteiger charge is 2.59. The summed E-state index contributed by atoms with van der Waals surface area (Å²) in [6.07, 6.45) is -0.763. The summed E-state index contributed by atoms with van der Waals surface area (Å²) in [5.41, 5.74) is 6.62. The Morgan fingerprint density at radius 2 is 1.57 bits per heavy atom. The lowest BCUT2D eigenvalue weighted by Crippen LogP contribution is -2.60. The Bertz CT molecular complexity index is 1450. The van der Waals surface area contributed by atoms with Gasteiger partial charge < -0.3 is 35.8 Å². The number of ether oxygens (including phenoxy) is 2. The van der Waals surface area contributed by atoms with E-state index in [-0.39, 0.29) is 17.8 Å². The number of carboxylic acid groups (broad SMARTS) is 1. The first-order chi connectivity index (χ1) is 20.1. The predicted molar refractivity (Wildman–Crippen MR) is 156 cm³/mol. The highest BCUT2D eigenvalue weighted by molar-refractivity contribution is 6.13. The van der Waals surface area contributed by atoms with Crippen LogP contribution in [0.3, 0.4) is 0 Å². The van der Waals surface area contributed by atoms with Gasteiger partial charge in [-0.1, -0.05) is 48.0 Å². The van der Waals surface area contributed by atoms with Crippen molar-refractivity contribution < 1.29 is 33.8 Å². The first kappa shape index (κ1) is 30.2. The average molecular weight is 575 g/mol. The lowest BCUT2D eigenvalue weighted by Gasteiger charge is -2.36. The molecule has 2 unspecified atom stereocenters. The van der Waals surface area contributed by atoms with Crippen LogP contribution in [0.1, 0.15) is 46.8 Å². The lowest BCUT2D eigenvalue weighted by molar-refractivity contribution is -0.139. The molecule has 0 spiro atoms. The van der Waals surface area contributed by atoms with Crippen molar-refractivity contribution in [3.05, 3.63) is 95.1 Å². The minimum Gasteiger partial charge on any atom is -0.478 e. The number of carbonyl (C=O) groups excluding carboxylic acids is 3. The van der Waals surface area contributed by atoms with Crippen molar-refractivity contribution in [1.82, 2.24) is 5.32 Å². The van der Waals surface area contributed by atoms with E-state index in [1.807, 2.05) is 20.8 Å².